The second-order valence-electron chi connectivity index (χ2n) is 9.41. The van der Waals surface area contributed by atoms with E-state index < -0.39 is 5.91 Å². The molecule has 9 heteroatoms. The monoisotopic (exact) mass is 489 g/mol. The van der Waals surface area contributed by atoms with Gasteiger partial charge in [-0.3, -0.25) is 9.78 Å². The van der Waals surface area contributed by atoms with Crippen molar-refractivity contribution < 1.29 is 19.9 Å². The van der Waals surface area contributed by atoms with Gasteiger partial charge in [-0.15, -0.1) is 0 Å². The first-order chi connectivity index (χ1) is 17.0. The van der Waals surface area contributed by atoms with Crippen LogP contribution in [0.1, 0.15) is 60.4 Å². The fraction of sp³-hybridized carbons (Fsp3) is 0.259. The molecule has 0 spiro atoms. The molecule has 0 bridgehead atoms. The molecule has 2 aromatic carbocycles. The first-order valence-corrected chi connectivity index (χ1v) is 11.3. The van der Waals surface area contributed by atoms with Gasteiger partial charge in [-0.1, -0.05) is 55.3 Å². The van der Waals surface area contributed by atoms with E-state index in [0.717, 1.165) is 27.9 Å². The van der Waals surface area contributed by atoms with E-state index in [-0.39, 0.29) is 22.6 Å². The van der Waals surface area contributed by atoms with Gasteiger partial charge in [0.05, 0.1) is 35.8 Å². The van der Waals surface area contributed by atoms with Crippen LogP contribution >= 0.6 is 0 Å². The van der Waals surface area contributed by atoms with Crippen LogP contribution in [0, 0.1) is 6.92 Å². The summed E-state index contributed by atoms with van der Waals surface area (Å²) in [5.74, 6) is -0.379. The van der Waals surface area contributed by atoms with Crippen LogP contribution in [0.3, 0.4) is 0 Å². The molecule has 0 aliphatic rings. The molecule has 5 N–H and O–H groups in total. The van der Waals surface area contributed by atoms with Gasteiger partial charge in [0.1, 0.15) is 5.75 Å². The standard InChI is InChI=1S/C27H31N5O4/c1-15(31-34)17-7-9-18(10-8-17)21-13-20(14-29-16(21)2)30-26(33)23-12-19(27(3,4)5)11-22(24(23)36-6)25(28)32-35/h7-14,34-35H,1-6H3,(H2,28,32)(H,30,33)/b31-15-. The Morgan fingerprint density at radius 3 is 2.25 bits per heavy atom. The Kier molecular flexibility index (Phi) is 7.62. The lowest BCUT2D eigenvalue weighted by Gasteiger charge is -2.23. The summed E-state index contributed by atoms with van der Waals surface area (Å²) in [6.45, 7) is 9.60. The topological polar surface area (TPSA) is 142 Å². The molecule has 0 aliphatic heterocycles. The van der Waals surface area contributed by atoms with Crippen molar-refractivity contribution in [3.63, 3.8) is 0 Å². The lowest BCUT2D eigenvalue weighted by atomic mass is 9.84. The number of amides is 1. The molecule has 3 rings (SSSR count). The highest BCUT2D eigenvalue weighted by Crippen LogP contribution is 2.33. The van der Waals surface area contributed by atoms with E-state index in [9.17, 15) is 10.0 Å². The number of carbonyl (C=O) groups excluding carboxylic acids is 1. The molecule has 188 valence electrons. The van der Waals surface area contributed by atoms with Gasteiger partial charge in [-0.25, -0.2) is 0 Å². The molecule has 0 radical (unpaired) electrons. The average molecular weight is 490 g/mol. The number of benzene rings is 2. The second-order valence-corrected chi connectivity index (χ2v) is 9.41. The molecule has 3 aromatic rings. The lowest BCUT2D eigenvalue weighted by molar-refractivity contribution is 0.102. The maximum absolute atomic E-state index is 13.4. The van der Waals surface area contributed by atoms with Gasteiger partial charge in [0, 0.05) is 11.3 Å². The van der Waals surface area contributed by atoms with Crippen LogP contribution in [-0.2, 0) is 5.41 Å². The minimum Gasteiger partial charge on any atom is -0.495 e. The van der Waals surface area contributed by atoms with Crippen molar-refractivity contribution in [2.24, 2.45) is 16.0 Å². The van der Waals surface area contributed by atoms with Crippen molar-refractivity contribution in [3.8, 4) is 16.9 Å². The molecule has 0 fully saturated rings. The van der Waals surface area contributed by atoms with Gasteiger partial charge in [0.2, 0.25) is 0 Å². The highest BCUT2D eigenvalue weighted by atomic mass is 16.5. The third kappa shape index (κ3) is 5.46. The van der Waals surface area contributed by atoms with Crippen LogP contribution in [0.2, 0.25) is 0 Å². The third-order valence-electron chi connectivity index (χ3n) is 5.90. The average Bonchev–Trinajstić information content (AvgIpc) is 2.87. The van der Waals surface area contributed by atoms with E-state index in [1.54, 1.807) is 25.3 Å². The Hall–Kier alpha value is -4.40. The van der Waals surface area contributed by atoms with Crippen LogP contribution < -0.4 is 15.8 Å². The van der Waals surface area contributed by atoms with E-state index in [1.165, 1.54) is 7.11 Å². The zero-order valence-corrected chi connectivity index (χ0v) is 21.2. The molecule has 0 saturated heterocycles. The normalized spacial score (nSPS) is 12.4. The predicted molar refractivity (Wildman–Crippen MR) is 141 cm³/mol. The Labute approximate surface area is 210 Å². The number of anilines is 1. The van der Waals surface area contributed by atoms with Crippen molar-refractivity contribution in [3.05, 3.63) is 76.6 Å². The maximum atomic E-state index is 13.4. The molecule has 0 unspecified atom stereocenters. The molecule has 0 atom stereocenters. The van der Waals surface area contributed by atoms with Gasteiger partial charge in [0.25, 0.3) is 5.91 Å². The first kappa shape index (κ1) is 26.2. The van der Waals surface area contributed by atoms with Gasteiger partial charge in [0.15, 0.2) is 5.84 Å². The molecule has 0 saturated carbocycles. The molecule has 1 amide bonds. The zero-order chi connectivity index (χ0) is 26.6. The first-order valence-electron chi connectivity index (χ1n) is 11.3. The van der Waals surface area contributed by atoms with Crippen molar-refractivity contribution in [2.45, 2.75) is 40.0 Å². The predicted octanol–water partition coefficient (Wildman–Crippen LogP) is 4.91. The van der Waals surface area contributed by atoms with E-state index in [0.29, 0.717) is 17.0 Å². The minimum atomic E-state index is -0.424. The number of amidine groups is 1. The summed E-state index contributed by atoms with van der Waals surface area (Å²) in [7, 11) is 1.43. The van der Waals surface area contributed by atoms with Crippen LogP contribution in [0.5, 0.6) is 5.75 Å². The summed E-state index contributed by atoms with van der Waals surface area (Å²) in [5, 5.41) is 27.5. The molecule has 1 heterocycles. The molecule has 1 aromatic heterocycles. The van der Waals surface area contributed by atoms with Gasteiger partial charge >= 0.3 is 0 Å². The van der Waals surface area contributed by atoms with Crippen molar-refractivity contribution in [1.82, 2.24) is 4.98 Å². The van der Waals surface area contributed by atoms with E-state index in [4.69, 9.17) is 15.7 Å². The van der Waals surface area contributed by atoms with Crippen molar-refractivity contribution in [2.75, 3.05) is 12.4 Å². The van der Waals surface area contributed by atoms with Crippen molar-refractivity contribution >= 4 is 23.1 Å². The molecule has 9 nitrogen and oxygen atoms in total. The third-order valence-corrected chi connectivity index (χ3v) is 5.90. The highest BCUT2D eigenvalue weighted by molar-refractivity contribution is 6.10. The smallest absolute Gasteiger partial charge is 0.259 e. The summed E-state index contributed by atoms with van der Waals surface area (Å²) in [4.78, 5) is 17.9. The summed E-state index contributed by atoms with van der Waals surface area (Å²) < 4.78 is 5.50. The summed E-state index contributed by atoms with van der Waals surface area (Å²) in [6.07, 6.45) is 1.58. The fourth-order valence-corrected chi connectivity index (χ4v) is 3.74. The number of rotatable bonds is 6. The van der Waals surface area contributed by atoms with Crippen LogP contribution in [0.15, 0.2) is 59.0 Å². The zero-order valence-electron chi connectivity index (χ0n) is 21.2. The maximum Gasteiger partial charge on any atom is 0.259 e. The van der Waals surface area contributed by atoms with E-state index in [1.807, 2.05) is 58.0 Å². The molecular weight excluding hydrogens is 458 g/mol. The number of aromatic nitrogens is 1. The number of methoxy groups -OCH3 is 1. The van der Waals surface area contributed by atoms with Crippen molar-refractivity contribution in [1.29, 1.82) is 0 Å². The highest BCUT2D eigenvalue weighted by Gasteiger charge is 2.25. The number of ether oxygens (including phenoxy) is 1. The summed E-state index contributed by atoms with van der Waals surface area (Å²) in [5.41, 5.74) is 11.3. The van der Waals surface area contributed by atoms with Gasteiger partial charge in [-0.2, -0.15) is 0 Å². The quantitative estimate of drug-likeness (QED) is 0.168. The Morgan fingerprint density at radius 1 is 1.06 bits per heavy atom. The SMILES string of the molecule is COc1c(C(=O)Nc2cnc(C)c(-c3ccc(/C(C)=N\O)cc3)c2)cc(C(C)(C)C)cc1/C(N)=N/O. The number of pyridine rings is 1. The Morgan fingerprint density at radius 2 is 1.69 bits per heavy atom. The fourth-order valence-electron chi connectivity index (χ4n) is 3.74. The minimum absolute atomic E-state index is 0.156. The Bertz CT molecular complexity index is 1340. The number of nitrogens with two attached hydrogens (primary N) is 1. The van der Waals surface area contributed by atoms with E-state index >= 15 is 0 Å². The number of carbonyl (C=O) groups is 1. The number of hydrogen-bond acceptors (Lipinski definition) is 7. The van der Waals surface area contributed by atoms with E-state index in [2.05, 4.69) is 20.6 Å². The van der Waals surface area contributed by atoms with Gasteiger partial charge < -0.3 is 26.2 Å². The summed E-state index contributed by atoms with van der Waals surface area (Å²) in [6, 6.07) is 12.8. The Balaban J connectivity index is 2.03. The van der Waals surface area contributed by atoms with Gasteiger partial charge in [-0.05, 0) is 54.2 Å². The van der Waals surface area contributed by atoms with Crippen LogP contribution in [0.4, 0.5) is 5.69 Å². The summed E-state index contributed by atoms with van der Waals surface area (Å²) >= 11 is 0. The molecule has 36 heavy (non-hydrogen) atoms. The second kappa shape index (κ2) is 10.5. The molecular formula is C27H31N5O4. The molecule has 0 aliphatic carbocycles. The number of hydrogen-bond donors (Lipinski definition) is 4. The number of nitrogens with one attached hydrogen (secondary N) is 1. The number of oxime groups is 2. The number of nitrogens with zero attached hydrogens (tertiary/aromatic N) is 3. The van der Waals surface area contributed by atoms with Crippen LogP contribution in [0.25, 0.3) is 11.1 Å². The van der Waals surface area contributed by atoms with Crippen LogP contribution in [-0.4, -0.2) is 40.0 Å². The largest absolute Gasteiger partial charge is 0.495 e. The number of aryl methyl sites for hydroxylation is 1. The lowest BCUT2D eigenvalue weighted by Crippen LogP contribution is -2.22.